The molecule has 0 saturated heterocycles. The molecule has 5 nitrogen and oxygen atoms in total. The number of hydrogen-bond acceptors (Lipinski definition) is 4. The molecule has 0 atom stereocenters. The third-order valence-corrected chi connectivity index (χ3v) is 2.60. The first-order valence-corrected chi connectivity index (χ1v) is 5.48. The van der Waals surface area contributed by atoms with Crippen LogP contribution in [0.2, 0.25) is 0 Å². The lowest BCUT2D eigenvalue weighted by Crippen LogP contribution is -2.23. The number of aromatic nitrogens is 2. The number of ether oxygens (including phenoxy) is 2. The van der Waals surface area contributed by atoms with Crippen LogP contribution in [0.3, 0.4) is 0 Å². The number of methoxy groups -OCH3 is 2. The average Bonchev–Trinajstić information content (AvgIpc) is 2.69. The Morgan fingerprint density at radius 2 is 2.12 bits per heavy atom. The SMILES string of the molecule is COC(CNc1ccc2nc(C)[nH]c2c1)OC. The highest BCUT2D eigenvalue weighted by atomic mass is 16.7. The Bertz CT molecular complexity index is 491. The summed E-state index contributed by atoms with van der Waals surface area (Å²) in [7, 11) is 3.24. The summed E-state index contributed by atoms with van der Waals surface area (Å²) in [5.74, 6) is 0.920. The topological polar surface area (TPSA) is 59.2 Å². The molecule has 0 aliphatic heterocycles. The van der Waals surface area contributed by atoms with Crippen LogP contribution in [0.15, 0.2) is 18.2 Å². The molecule has 92 valence electrons. The van der Waals surface area contributed by atoms with Gasteiger partial charge in [0.15, 0.2) is 6.29 Å². The number of aryl methyl sites for hydroxylation is 1. The minimum Gasteiger partial charge on any atom is -0.380 e. The average molecular weight is 235 g/mol. The number of fused-ring (bicyclic) bond motifs is 1. The third-order valence-electron chi connectivity index (χ3n) is 2.60. The Morgan fingerprint density at radius 1 is 1.35 bits per heavy atom. The van der Waals surface area contributed by atoms with Crippen molar-refractivity contribution in [3.63, 3.8) is 0 Å². The van der Waals surface area contributed by atoms with Crippen molar-refractivity contribution in [2.24, 2.45) is 0 Å². The summed E-state index contributed by atoms with van der Waals surface area (Å²) < 4.78 is 10.2. The van der Waals surface area contributed by atoms with Crippen molar-refractivity contribution in [1.82, 2.24) is 9.97 Å². The number of benzene rings is 1. The number of nitrogens with zero attached hydrogens (tertiary/aromatic N) is 1. The fourth-order valence-corrected chi connectivity index (χ4v) is 1.71. The maximum absolute atomic E-state index is 5.11. The molecule has 1 heterocycles. The van der Waals surface area contributed by atoms with Gasteiger partial charge in [0, 0.05) is 19.9 Å². The van der Waals surface area contributed by atoms with E-state index in [1.165, 1.54) is 0 Å². The summed E-state index contributed by atoms with van der Waals surface area (Å²) in [6, 6.07) is 6.00. The predicted octanol–water partition coefficient (Wildman–Crippen LogP) is 1.90. The van der Waals surface area contributed by atoms with Gasteiger partial charge in [-0.1, -0.05) is 0 Å². The third kappa shape index (κ3) is 2.75. The van der Waals surface area contributed by atoms with Gasteiger partial charge in [0.2, 0.25) is 0 Å². The molecule has 5 heteroatoms. The van der Waals surface area contributed by atoms with Gasteiger partial charge in [-0.2, -0.15) is 0 Å². The van der Waals surface area contributed by atoms with Gasteiger partial charge in [-0.15, -0.1) is 0 Å². The smallest absolute Gasteiger partial charge is 0.173 e. The van der Waals surface area contributed by atoms with Crippen molar-refractivity contribution < 1.29 is 9.47 Å². The van der Waals surface area contributed by atoms with Gasteiger partial charge in [-0.25, -0.2) is 4.98 Å². The van der Waals surface area contributed by atoms with E-state index in [9.17, 15) is 0 Å². The van der Waals surface area contributed by atoms with E-state index in [1.807, 2.05) is 25.1 Å². The van der Waals surface area contributed by atoms with Crippen LogP contribution in [-0.4, -0.2) is 37.0 Å². The molecule has 0 saturated carbocycles. The first kappa shape index (κ1) is 11.9. The molecule has 1 aromatic carbocycles. The molecule has 0 aliphatic rings. The molecule has 0 unspecified atom stereocenters. The Balaban J connectivity index is 2.08. The normalized spacial score (nSPS) is 11.3. The van der Waals surface area contributed by atoms with Crippen molar-refractivity contribution in [1.29, 1.82) is 0 Å². The zero-order chi connectivity index (χ0) is 12.3. The Labute approximate surface area is 100 Å². The second kappa shape index (κ2) is 5.16. The second-order valence-electron chi connectivity index (χ2n) is 3.84. The Morgan fingerprint density at radius 3 is 2.82 bits per heavy atom. The van der Waals surface area contributed by atoms with E-state index in [1.54, 1.807) is 14.2 Å². The zero-order valence-electron chi connectivity index (χ0n) is 10.3. The minimum absolute atomic E-state index is 0.241. The maximum atomic E-state index is 5.11. The molecule has 0 radical (unpaired) electrons. The largest absolute Gasteiger partial charge is 0.380 e. The van der Waals surface area contributed by atoms with E-state index < -0.39 is 0 Å². The Kier molecular flexibility index (Phi) is 3.61. The molecule has 2 rings (SSSR count). The summed E-state index contributed by atoms with van der Waals surface area (Å²) in [6.07, 6.45) is -0.241. The highest BCUT2D eigenvalue weighted by Crippen LogP contribution is 2.17. The number of aromatic amines is 1. The van der Waals surface area contributed by atoms with Crippen LogP contribution >= 0.6 is 0 Å². The van der Waals surface area contributed by atoms with Crippen molar-refractivity contribution in [3.8, 4) is 0 Å². The minimum atomic E-state index is -0.241. The van der Waals surface area contributed by atoms with Crippen LogP contribution in [0, 0.1) is 6.92 Å². The van der Waals surface area contributed by atoms with Crippen LogP contribution in [0.25, 0.3) is 11.0 Å². The predicted molar refractivity (Wildman–Crippen MR) is 67.1 cm³/mol. The quantitative estimate of drug-likeness (QED) is 0.777. The van der Waals surface area contributed by atoms with E-state index >= 15 is 0 Å². The van der Waals surface area contributed by atoms with Crippen LogP contribution < -0.4 is 5.32 Å². The van der Waals surface area contributed by atoms with Gasteiger partial charge in [0.05, 0.1) is 17.6 Å². The van der Waals surface area contributed by atoms with Crippen LogP contribution in [0.1, 0.15) is 5.82 Å². The number of rotatable bonds is 5. The standard InChI is InChI=1S/C12H17N3O2/c1-8-14-10-5-4-9(6-11(10)15-8)13-7-12(16-2)17-3/h4-6,12-13H,7H2,1-3H3,(H,14,15). The van der Waals surface area contributed by atoms with E-state index in [0.29, 0.717) is 6.54 Å². The lowest BCUT2D eigenvalue weighted by molar-refractivity contribution is -0.0914. The summed E-state index contributed by atoms with van der Waals surface area (Å²) in [5, 5.41) is 3.25. The first-order chi connectivity index (χ1) is 8.22. The number of hydrogen-bond donors (Lipinski definition) is 2. The fourth-order valence-electron chi connectivity index (χ4n) is 1.71. The van der Waals surface area contributed by atoms with Crippen molar-refractivity contribution in [2.45, 2.75) is 13.2 Å². The van der Waals surface area contributed by atoms with Crippen molar-refractivity contribution in [3.05, 3.63) is 24.0 Å². The highest BCUT2D eigenvalue weighted by molar-refractivity contribution is 5.79. The molecule has 0 amide bonds. The van der Waals surface area contributed by atoms with Gasteiger partial charge in [0.1, 0.15) is 5.82 Å². The van der Waals surface area contributed by atoms with E-state index in [-0.39, 0.29) is 6.29 Å². The lowest BCUT2D eigenvalue weighted by Gasteiger charge is -2.14. The molecule has 1 aromatic heterocycles. The Hall–Kier alpha value is -1.59. The fraction of sp³-hybridized carbons (Fsp3) is 0.417. The number of H-pyrrole nitrogens is 1. The van der Waals surface area contributed by atoms with E-state index in [4.69, 9.17) is 9.47 Å². The molecule has 0 spiro atoms. The molecule has 2 aromatic rings. The van der Waals surface area contributed by atoms with Gasteiger partial charge >= 0.3 is 0 Å². The molecule has 2 N–H and O–H groups in total. The maximum Gasteiger partial charge on any atom is 0.173 e. The highest BCUT2D eigenvalue weighted by Gasteiger charge is 2.05. The first-order valence-electron chi connectivity index (χ1n) is 5.48. The number of nitrogens with one attached hydrogen (secondary N) is 2. The van der Waals surface area contributed by atoms with Crippen molar-refractivity contribution >= 4 is 16.7 Å². The van der Waals surface area contributed by atoms with Gasteiger partial charge < -0.3 is 19.8 Å². The van der Waals surface area contributed by atoms with Crippen LogP contribution in [0.5, 0.6) is 0 Å². The van der Waals surface area contributed by atoms with Crippen LogP contribution in [0.4, 0.5) is 5.69 Å². The number of imidazole rings is 1. The van der Waals surface area contributed by atoms with Gasteiger partial charge in [0.25, 0.3) is 0 Å². The van der Waals surface area contributed by atoms with Gasteiger partial charge in [-0.3, -0.25) is 0 Å². The van der Waals surface area contributed by atoms with Crippen molar-refractivity contribution in [2.75, 3.05) is 26.1 Å². The van der Waals surface area contributed by atoms with E-state index in [2.05, 4.69) is 15.3 Å². The molecule has 17 heavy (non-hydrogen) atoms. The van der Waals surface area contributed by atoms with E-state index in [0.717, 1.165) is 22.5 Å². The molecular formula is C12H17N3O2. The summed E-state index contributed by atoms with van der Waals surface area (Å²) in [6.45, 7) is 2.55. The van der Waals surface area contributed by atoms with Crippen LogP contribution in [-0.2, 0) is 9.47 Å². The number of anilines is 1. The molecule has 0 bridgehead atoms. The zero-order valence-corrected chi connectivity index (χ0v) is 10.3. The van der Waals surface area contributed by atoms with Gasteiger partial charge in [-0.05, 0) is 25.1 Å². The lowest BCUT2D eigenvalue weighted by atomic mass is 10.3. The molecular weight excluding hydrogens is 218 g/mol. The molecule has 0 fully saturated rings. The summed E-state index contributed by atoms with van der Waals surface area (Å²) in [5.41, 5.74) is 3.02. The molecule has 0 aliphatic carbocycles. The second-order valence-corrected chi connectivity index (χ2v) is 3.84. The summed E-state index contributed by atoms with van der Waals surface area (Å²) in [4.78, 5) is 7.55. The monoisotopic (exact) mass is 235 g/mol. The summed E-state index contributed by atoms with van der Waals surface area (Å²) >= 11 is 0.